The van der Waals surface area contributed by atoms with Crippen molar-refractivity contribution < 1.29 is 5.11 Å². The van der Waals surface area contributed by atoms with Gasteiger partial charge in [-0.25, -0.2) is 0 Å². The Bertz CT molecular complexity index is 409. The van der Waals surface area contributed by atoms with Crippen LogP contribution in [0.3, 0.4) is 0 Å². The Labute approximate surface area is 126 Å². The van der Waals surface area contributed by atoms with Crippen molar-refractivity contribution >= 4 is 11.6 Å². The summed E-state index contributed by atoms with van der Waals surface area (Å²) < 4.78 is 0. The van der Waals surface area contributed by atoms with Gasteiger partial charge in [-0.2, -0.15) is 0 Å². The first kappa shape index (κ1) is 15.8. The number of aliphatic hydroxyl groups excluding tert-OH is 1. The van der Waals surface area contributed by atoms with Gasteiger partial charge in [0.2, 0.25) is 0 Å². The first-order chi connectivity index (χ1) is 9.70. The van der Waals surface area contributed by atoms with Crippen LogP contribution in [0.4, 0.5) is 0 Å². The molecule has 2 rings (SSSR count). The zero-order chi connectivity index (χ0) is 14.4. The fraction of sp³-hybridized carbons (Fsp3) is 0.625. The Kier molecular flexibility index (Phi) is 6.30. The van der Waals surface area contributed by atoms with E-state index < -0.39 is 0 Å². The van der Waals surface area contributed by atoms with Gasteiger partial charge in [0.25, 0.3) is 0 Å². The van der Waals surface area contributed by atoms with Gasteiger partial charge in [-0.05, 0) is 43.4 Å². The van der Waals surface area contributed by atoms with Crippen molar-refractivity contribution in [3.63, 3.8) is 0 Å². The van der Waals surface area contributed by atoms with Crippen LogP contribution in [0.5, 0.6) is 0 Å². The molecule has 1 atom stereocenters. The molecule has 1 aliphatic carbocycles. The molecule has 1 saturated carbocycles. The van der Waals surface area contributed by atoms with Gasteiger partial charge in [0.05, 0.1) is 0 Å². The molecule has 0 radical (unpaired) electrons. The topological polar surface area (TPSA) is 49.5 Å². The number of benzene rings is 1. The van der Waals surface area contributed by atoms with Gasteiger partial charge in [-0.1, -0.05) is 30.2 Å². The minimum atomic E-state index is 0.0328. The second kappa shape index (κ2) is 7.99. The Morgan fingerprint density at radius 1 is 1.35 bits per heavy atom. The van der Waals surface area contributed by atoms with E-state index in [2.05, 4.69) is 4.90 Å². The maximum atomic E-state index is 9.01. The molecule has 1 fully saturated rings. The molecule has 1 aliphatic rings. The monoisotopic (exact) mass is 296 g/mol. The SMILES string of the molecule is NC(CCN(CCCO)C1CCC1)c1cccc(Cl)c1. The van der Waals surface area contributed by atoms with E-state index in [4.69, 9.17) is 22.4 Å². The molecule has 4 heteroatoms. The number of hydrogen-bond donors (Lipinski definition) is 2. The Morgan fingerprint density at radius 3 is 2.75 bits per heavy atom. The molecule has 0 aliphatic heterocycles. The normalized spacial score (nSPS) is 17.2. The number of aliphatic hydroxyl groups is 1. The highest BCUT2D eigenvalue weighted by atomic mass is 35.5. The van der Waals surface area contributed by atoms with Gasteiger partial charge < -0.3 is 15.7 Å². The summed E-state index contributed by atoms with van der Waals surface area (Å²) in [4.78, 5) is 2.49. The first-order valence-electron chi connectivity index (χ1n) is 7.56. The van der Waals surface area contributed by atoms with Crippen molar-refractivity contribution in [1.29, 1.82) is 0 Å². The quantitative estimate of drug-likeness (QED) is 0.775. The third-order valence-electron chi connectivity index (χ3n) is 4.20. The molecule has 0 saturated heterocycles. The van der Waals surface area contributed by atoms with Crippen molar-refractivity contribution in [2.24, 2.45) is 5.73 Å². The number of nitrogens with two attached hydrogens (primary N) is 1. The van der Waals surface area contributed by atoms with Gasteiger partial charge in [0.15, 0.2) is 0 Å². The summed E-state index contributed by atoms with van der Waals surface area (Å²) in [7, 11) is 0. The highest BCUT2D eigenvalue weighted by Gasteiger charge is 2.24. The van der Waals surface area contributed by atoms with Crippen LogP contribution < -0.4 is 5.73 Å². The maximum Gasteiger partial charge on any atom is 0.0443 e. The van der Waals surface area contributed by atoms with Crippen molar-refractivity contribution in [3.8, 4) is 0 Å². The highest BCUT2D eigenvalue weighted by molar-refractivity contribution is 6.30. The van der Waals surface area contributed by atoms with E-state index in [9.17, 15) is 0 Å². The number of hydrogen-bond acceptors (Lipinski definition) is 3. The fourth-order valence-corrected chi connectivity index (χ4v) is 2.91. The molecule has 1 unspecified atom stereocenters. The van der Waals surface area contributed by atoms with Crippen molar-refractivity contribution in [2.75, 3.05) is 19.7 Å². The highest BCUT2D eigenvalue weighted by Crippen LogP contribution is 2.26. The fourth-order valence-electron chi connectivity index (χ4n) is 2.71. The lowest BCUT2D eigenvalue weighted by molar-refractivity contribution is 0.113. The molecule has 0 aromatic heterocycles. The summed E-state index contributed by atoms with van der Waals surface area (Å²) in [6, 6.07) is 8.55. The molecular weight excluding hydrogens is 272 g/mol. The predicted molar refractivity (Wildman–Crippen MR) is 83.9 cm³/mol. The molecule has 0 spiro atoms. The van der Waals surface area contributed by atoms with E-state index >= 15 is 0 Å². The van der Waals surface area contributed by atoms with E-state index in [0.29, 0.717) is 6.04 Å². The Morgan fingerprint density at radius 2 is 2.15 bits per heavy atom. The summed E-state index contributed by atoms with van der Waals surface area (Å²) in [5, 5.41) is 9.75. The van der Waals surface area contributed by atoms with Crippen LogP contribution in [-0.4, -0.2) is 35.7 Å². The lowest BCUT2D eigenvalue weighted by Gasteiger charge is -2.38. The van der Waals surface area contributed by atoms with Crippen LogP contribution in [0.15, 0.2) is 24.3 Å². The van der Waals surface area contributed by atoms with Crippen LogP contribution in [-0.2, 0) is 0 Å². The van der Waals surface area contributed by atoms with Crippen LogP contribution >= 0.6 is 11.6 Å². The molecule has 0 bridgehead atoms. The second-order valence-corrected chi connectivity index (χ2v) is 6.08. The zero-order valence-electron chi connectivity index (χ0n) is 12.0. The first-order valence-corrected chi connectivity index (χ1v) is 7.94. The van der Waals surface area contributed by atoms with E-state index in [1.54, 1.807) is 0 Å². The van der Waals surface area contributed by atoms with E-state index in [-0.39, 0.29) is 12.6 Å². The molecule has 0 amide bonds. The zero-order valence-corrected chi connectivity index (χ0v) is 12.7. The van der Waals surface area contributed by atoms with Gasteiger partial charge in [-0.15, -0.1) is 0 Å². The van der Waals surface area contributed by atoms with Crippen LogP contribution in [0.1, 0.15) is 43.7 Å². The summed E-state index contributed by atoms with van der Waals surface area (Å²) in [5.74, 6) is 0. The van der Waals surface area contributed by atoms with Crippen molar-refractivity contribution in [3.05, 3.63) is 34.9 Å². The molecule has 3 nitrogen and oxygen atoms in total. The lowest BCUT2D eigenvalue weighted by Crippen LogP contribution is -2.42. The number of rotatable bonds is 8. The molecule has 1 aromatic rings. The molecule has 0 heterocycles. The predicted octanol–water partition coefficient (Wildman–Crippen LogP) is 2.97. The summed E-state index contributed by atoms with van der Waals surface area (Å²) >= 11 is 6.01. The van der Waals surface area contributed by atoms with Gasteiger partial charge >= 0.3 is 0 Å². The van der Waals surface area contributed by atoms with Crippen LogP contribution in [0.2, 0.25) is 5.02 Å². The summed E-state index contributed by atoms with van der Waals surface area (Å²) in [6.07, 6.45) is 5.70. The Hall–Kier alpha value is -0.610. The lowest BCUT2D eigenvalue weighted by atomic mass is 9.91. The third kappa shape index (κ3) is 4.45. The third-order valence-corrected chi connectivity index (χ3v) is 4.43. The second-order valence-electron chi connectivity index (χ2n) is 5.65. The smallest absolute Gasteiger partial charge is 0.0443 e. The van der Waals surface area contributed by atoms with E-state index in [1.807, 2.05) is 24.3 Å². The average molecular weight is 297 g/mol. The maximum absolute atomic E-state index is 9.01. The molecule has 3 N–H and O–H groups in total. The molecule has 112 valence electrons. The molecular formula is C16H25ClN2O. The van der Waals surface area contributed by atoms with E-state index in [1.165, 1.54) is 19.3 Å². The van der Waals surface area contributed by atoms with Crippen molar-refractivity contribution in [1.82, 2.24) is 4.90 Å². The minimum Gasteiger partial charge on any atom is -0.396 e. The molecule has 1 aromatic carbocycles. The number of halogens is 1. The van der Waals surface area contributed by atoms with Gasteiger partial charge in [0.1, 0.15) is 0 Å². The van der Waals surface area contributed by atoms with Gasteiger partial charge in [-0.3, -0.25) is 0 Å². The van der Waals surface area contributed by atoms with E-state index in [0.717, 1.165) is 36.5 Å². The van der Waals surface area contributed by atoms with Gasteiger partial charge in [0, 0.05) is 36.8 Å². The van der Waals surface area contributed by atoms with Crippen molar-refractivity contribution in [2.45, 2.75) is 44.2 Å². The largest absolute Gasteiger partial charge is 0.396 e. The van der Waals surface area contributed by atoms with Crippen LogP contribution in [0, 0.1) is 0 Å². The summed E-state index contributed by atoms with van der Waals surface area (Å²) in [5.41, 5.74) is 7.37. The molecule has 20 heavy (non-hydrogen) atoms. The minimum absolute atomic E-state index is 0.0328. The average Bonchev–Trinajstić information content (AvgIpc) is 2.39. The van der Waals surface area contributed by atoms with Crippen LogP contribution in [0.25, 0.3) is 0 Å². The standard InChI is InChI=1S/C16H25ClN2O/c17-14-5-1-4-13(12-14)16(18)8-10-19(9-3-11-20)15-6-2-7-15/h1,4-5,12,15-16,20H,2-3,6-11,18H2. The summed E-state index contributed by atoms with van der Waals surface area (Å²) in [6.45, 7) is 2.24. The number of nitrogens with zero attached hydrogens (tertiary/aromatic N) is 1. The Balaban J connectivity index is 1.84.